The molecule has 4 nitrogen and oxygen atoms in total. The number of alkyl halides is 3. The van der Waals surface area contributed by atoms with Crippen LogP contribution in [0.2, 0.25) is 0 Å². The van der Waals surface area contributed by atoms with E-state index in [9.17, 15) is 22.4 Å². The molecular weight excluding hydrogens is 374 g/mol. The molecule has 0 bridgehead atoms. The average Bonchev–Trinajstić information content (AvgIpc) is 3.03. The van der Waals surface area contributed by atoms with Crippen LogP contribution >= 0.6 is 0 Å². The van der Waals surface area contributed by atoms with Crippen molar-refractivity contribution in [2.45, 2.75) is 26.1 Å². The minimum Gasteiger partial charge on any atom is -0.345 e. The van der Waals surface area contributed by atoms with Gasteiger partial charge in [-0.2, -0.15) is 18.3 Å². The number of nitrogens with zero attached hydrogens (tertiary/aromatic N) is 2. The molecule has 0 aliphatic rings. The van der Waals surface area contributed by atoms with Gasteiger partial charge in [0.2, 0.25) is 0 Å². The molecule has 0 radical (unpaired) electrons. The molecule has 0 unspecified atom stereocenters. The van der Waals surface area contributed by atoms with Gasteiger partial charge in [0.15, 0.2) is 0 Å². The Hall–Kier alpha value is -3.16. The van der Waals surface area contributed by atoms with Crippen LogP contribution in [0.4, 0.5) is 17.6 Å². The molecule has 1 amide bonds. The summed E-state index contributed by atoms with van der Waals surface area (Å²) in [6.45, 7) is 3.45. The number of halogens is 4. The predicted molar refractivity (Wildman–Crippen MR) is 95.6 cm³/mol. The van der Waals surface area contributed by atoms with Gasteiger partial charge < -0.3 is 5.32 Å². The Labute approximate surface area is 158 Å². The Morgan fingerprint density at radius 3 is 2.46 bits per heavy atom. The molecule has 8 heteroatoms. The smallest absolute Gasteiger partial charge is 0.345 e. The predicted octanol–water partition coefficient (Wildman–Crippen LogP) is 4.83. The van der Waals surface area contributed by atoms with E-state index in [-0.39, 0.29) is 5.69 Å². The van der Waals surface area contributed by atoms with Gasteiger partial charge in [0.25, 0.3) is 5.91 Å². The van der Waals surface area contributed by atoms with E-state index in [2.05, 4.69) is 10.4 Å². The molecule has 0 saturated heterocycles. The third kappa shape index (κ3) is 4.05. The number of carbonyl (C=O) groups is 1. The van der Waals surface area contributed by atoms with Crippen LogP contribution in [0.1, 0.15) is 40.1 Å². The van der Waals surface area contributed by atoms with Crippen molar-refractivity contribution in [3.63, 3.8) is 0 Å². The van der Waals surface area contributed by atoms with Crippen molar-refractivity contribution < 1.29 is 22.4 Å². The largest absolute Gasteiger partial charge is 0.416 e. The number of rotatable bonds is 4. The number of nitrogens with one attached hydrogen (secondary N) is 1. The zero-order chi connectivity index (χ0) is 20.5. The molecule has 3 rings (SSSR count). The van der Waals surface area contributed by atoms with E-state index in [1.54, 1.807) is 13.8 Å². The van der Waals surface area contributed by atoms with Gasteiger partial charge in [-0.05, 0) is 56.3 Å². The van der Waals surface area contributed by atoms with E-state index in [0.29, 0.717) is 16.8 Å². The minimum absolute atomic E-state index is 0.274. The topological polar surface area (TPSA) is 46.9 Å². The second kappa shape index (κ2) is 7.46. The quantitative estimate of drug-likeness (QED) is 0.648. The Bertz CT molecular complexity index is 993. The third-order valence-corrected chi connectivity index (χ3v) is 4.39. The Morgan fingerprint density at radius 2 is 1.82 bits per heavy atom. The summed E-state index contributed by atoms with van der Waals surface area (Å²) < 4.78 is 53.2. The average molecular weight is 391 g/mol. The fraction of sp³-hybridized carbons (Fsp3) is 0.200. The molecule has 0 fully saturated rings. The highest BCUT2D eigenvalue weighted by Gasteiger charge is 2.30. The van der Waals surface area contributed by atoms with Crippen LogP contribution in [0.15, 0.2) is 54.7 Å². The first-order valence-electron chi connectivity index (χ1n) is 8.45. The summed E-state index contributed by atoms with van der Waals surface area (Å²) in [6.07, 6.45) is -2.94. The molecule has 0 saturated carbocycles. The normalized spacial score (nSPS) is 12.6. The number of benzene rings is 2. The lowest BCUT2D eigenvalue weighted by Gasteiger charge is -2.15. The summed E-state index contributed by atoms with van der Waals surface area (Å²) in [5.41, 5.74) is 1.07. The number of amides is 1. The van der Waals surface area contributed by atoms with E-state index < -0.39 is 29.5 Å². The fourth-order valence-electron chi connectivity index (χ4n) is 2.88. The molecule has 1 N–H and O–H groups in total. The lowest BCUT2D eigenvalue weighted by atomic mass is 10.1. The fourth-order valence-corrected chi connectivity index (χ4v) is 2.88. The number of hydrogen-bond donors (Lipinski definition) is 1. The van der Waals surface area contributed by atoms with Gasteiger partial charge in [-0.3, -0.25) is 4.79 Å². The second-order valence-electron chi connectivity index (χ2n) is 6.35. The van der Waals surface area contributed by atoms with Crippen molar-refractivity contribution in [3.05, 3.63) is 82.9 Å². The zero-order valence-corrected chi connectivity index (χ0v) is 15.1. The molecule has 0 aliphatic carbocycles. The van der Waals surface area contributed by atoms with Crippen LogP contribution in [0.25, 0.3) is 5.69 Å². The molecule has 0 aliphatic heterocycles. The Kier molecular flexibility index (Phi) is 5.22. The number of hydrogen-bond acceptors (Lipinski definition) is 2. The lowest BCUT2D eigenvalue weighted by molar-refractivity contribution is -0.137. The van der Waals surface area contributed by atoms with Gasteiger partial charge in [-0.1, -0.05) is 6.07 Å². The standard InChI is InChI=1S/C20H17F4N3O/c1-12(26-19(28)14-6-8-16(21)9-7-14)18-11-25-27(13(18)2)17-5-3-4-15(10-17)20(22,23)24/h3-12H,1-2H3,(H,26,28)/t12-/m0/s1. The van der Waals surface area contributed by atoms with Gasteiger partial charge in [0.05, 0.1) is 23.5 Å². The van der Waals surface area contributed by atoms with Crippen LogP contribution < -0.4 is 5.32 Å². The maximum atomic E-state index is 13.0. The van der Waals surface area contributed by atoms with Crippen LogP contribution in [-0.2, 0) is 6.18 Å². The highest BCUT2D eigenvalue weighted by Crippen LogP contribution is 2.31. The van der Waals surface area contributed by atoms with Gasteiger partial charge in [-0.15, -0.1) is 0 Å². The van der Waals surface area contributed by atoms with Crippen molar-refractivity contribution >= 4 is 5.91 Å². The molecule has 1 heterocycles. The Balaban J connectivity index is 1.82. The van der Waals surface area contributed by atoms with Gasteiger partial charge in [0.1, 0.15) is 5.82 Å². The van der Waals surface area contributed by atoms with Crippen molar-refractivity contribution in [2.24, 2.45) is 0 Å². The van der Waals surface area contributed by atoms with Gasteiger partial charge >= 0.3 is 6.18 Å². The first-order chi connectivity index (χ1) is 13.2. The van der Waals surface area contributed by atoms with E-state index in [1.165, 1.54) is 47.3 Å². The van der Waals surface area contributed by atoms with E-state index in [4.69, 9.17) is 0 Å². The summed E-state index contributed by atoms with van der Waals surface area (Å²) in [4.78, 5) is 12.3. The summed E-state index contributed by atoms with van der Waals surface area (Å²) in [5, 5.41) is 6.95. The van der Waals surface area contributed by atoms with Crippen LogP contribution in [0, 0.1) is 12.7 Å². The molecule has 3 aromatic rings. The molecule has 146 valence electrons. The molecule has 2 aromatic carbocycles. The van der Waals surface area contributed by atoms with Crippen LogP contribution in [0.5, 0.6) is 0 Å². The van der Waals surface area contributed by atoms with Crippen LogP contribution in [0.3, 0.4) is 0 Å². The molecule has 1 aromatic heterocycles. The summed E-state index contributed by atoms with van der Waals surface area (Å²) in [5.74, 6) is -0.832. The summed E-state index contributed by atoms with van der Waals surface area (Å²) in [7, 11) is 0. The van der Waals surface area contributed by atoms with Crippen molar-refractivity contribution in [1.82, 2.24) is 15.1 Å². The molecule has 28 heavy (non-hydrogen) atoms. The first-order valence-corrected chi connectivity index (χ1v) is 8.45. The molecule has 0 spiro atoms. The highest BCUT2D eigenvalue weighted by molar-refractivity contribution is 5.94. The number of aromatic nitrogens is 2. The third-order valence-electron chi connectivity index (χ3n) is 4.39. The zero-order valence-electron chi connectivity index (χ0n) is 15.1. The lowest BCUT2D eigenvalue weighted by Crippen LogP contribution is -2.26. The monoisotopic (exact) mass is 391 g/mol. The van der Waals surface area contributed by atoms with Crippen molar-refractivity contribution in [3.8, 4) is 5.69 Å². The van der Waals surface area contributed by atoms with Crippen LogP contribution in [-0.4, -0.2) is 15.7 Å². The first kappa shape index (κ1) is 19.6. The summed E-state index contributed by atoms with van der Waals surface area (Å²) >= 11 is 0. The van der Waals surface area contributed by atoms with E-state index in [0.717, 1.165) is 12.1 Å². The maximum Gasteiger partial charge on any atom is 0.416 e. The molecule has 1 atom stereocenters. The second-order valence-corrected chi connectivity index (χ2v) is 6.35. The van der Waals surface area contributed by atoms with E-state index in [1.807, 2.05) is 0 Å². The van der Waals surface area contributed by atoms with Crippen molar-refractivity contribution in [1.29, 1.82) is 0 Å². The van der Waals surface area contributed by atoms with Crippen molar-refractivity contribution in [2.75, 3.05) is 0 Å². The van der Waals surface area contributed by atoms with Gasteiger partial charge in [-0.25, -0.2) is 9.07 Å². The van der Waals surface area contributed by atoms with E-state index >= 15 is 0 Å². The minimum atomic E-state index is -4.45. The SMILES string of the molecule is Cc1c([C@H](C)NC(=O)c2ccc(F)cc2)cnn1-c1cccc(C(F)(F)F)c1. The maximum absolute atomic E-state index is 13.0. The molecular formula is C20H17F4N3O. The number of carbonyl (C=O) groups excluding carboxylic acids is 1. The Morgan fingerprint density at radius 1 is 1.14 bits per heavy atom. The summed E-state index contributed by atoms with van der Waals surface area (Å²) in [6, 6.07) is 9.54. The highest BCUT2D eigenvalue weighted by atomic mass is 19.4. The van der Waals surface area contributed by atoms with Gasteiger partial charge in [0, 0.05) is 16.8 Å².